The van der Waals surface area contributed by atoms with Gasteiger partial charge in [-0.1, -0.05) is 6.92 Å². The number of amides is 1. The van der Waals surface area contributed by atoms with E-state index in [2.05, 4.69) is 12.0 Å². The maximum Gasteiger partial charge on any atom is 0.352 e. The van der Waals surface area contributed by atoms with E-state index < -0.39 is 0 Å². The fourth-order valence-electron chi connectivity index (χ4n) is 4.82. The first-order chi connectivity index (χ1) is 14.3. The van der Waals surface area contributed by atoms with Crippen LogP contribution in [0.3, 0.4) is 0 Å². The summed E-state index contributed by atoms with van der Waals surface area (Å²) in [6, 6.07) is 0. The van der Waals surface area contributed by atoms with Crippen molar-refractivity contribution < 1.29 is 9.53 Å². The van der Waals surface area contributed by atoms with E-state index in [1.807, 2.05) is 20.8 Å². The van der Waals surface area contributed by atoms with E-state index in [-0.39, 0.29) is 30.3 Å². The molecule has 30 heavy (non-hydrogen) atoms. The van der Waals surface area contributed by atoms with Crippen molar-refractivity contribution in [3.05, 3.63) is 26.7 Å². The number of thiophene rings is 1. The number of hydrogen-bond acceptors (Lipinski definition) is 6. The zero-order chi connectivity index (χ0) is 21.2. The minimum Gasteiger partial charge on any atom is -0.372 e. The van der Waals surface area contributed by atoms with E-state index >= 15 is 0 Å². The van der Waals surface area contributed by atoms with Crippen molar-refractivity contribution in [1.29, 1.82) is 0 Å². The molecule has 160 valence electrons. The second kappa shape index (κ2) is 7.16. The molecule has 8 nitrogen and oxygen atoms in total. The smallest absolute Gasteiger partial charge is 0.352 e. The molecule has 2 aliphatic rings. The number of carbonyl (C=O) groups is 1. The molecule has 9 heteroatoms. The molecule has 0 aromatic carbocycles. The van der Waals surface area contributed by atoms with Gasteiger partial charge in [0, 0.05) is 18.0 Å². The lowest BCUT2D eigenvalue weighted by molar-refractivity contribution is -0.144. The number of nitrogens with zero attached hydrogens (tertiary/aromatic N) is 5. The van der Waals surface area contributed by atoms with Crippen LogP contribution in [0.15, 0.2) is 4.79 Å². The van der Waals surface area contributed by atoms with Gasteiger partial charge in [-0.05, 0) is 51.5 Å². The first kappa shape index (κ1) is 19.7. The Morgan fingerprint density at radius 2 is 1.97 bits per heavy atom. The van der Waals surface area contributed by atoms with Gasteiger partial charge < -0.3 is 9.64 Å². The lowest BCUT2D eigenvalue weighted by Crippen LogP contribution is -2.49. The average molecular weight is 430 g/mol. The Morgan fingerprint density at radius 1 is 1.23 bits per heavy atom. The molecule has 1 fully saturated rings. The summed E-state index contributed by atoms with van der Waals surface area (Å²) in [6.07, 6.45) is 3.15. The molecule has 0 radical (unpaired) electrons. The third kappa shape index (κ3) is 3.15. The van der Waals surface area contributed by atoms with Gasteiger partial charge in [-0.25, -0.2) is 18.9 Å². The topological polar surface area (TPSA) is 81.7 Å². The third-order valence-electron chi connectivity index (χ3n) is 6.20. The van der Waals surface area contributed by atoms with Gasteiger partial charge in [-0.3, -0.25) is 4.79 Å². The van der Waals surface area contributed by atoms with Crippen molar-refractivity contribution >= 4 is 33.1 Å². The van der Waals surface area contributed by atoms with Gasteiger partial charge >= 0.3 is 5.69 Å². The predicted molar refractivity (Wildman–Crippen MR) is 115 cm³/mol. The van der Waals surface area contributed by atoms with Crippen LogP contribution in [0.4, 0.5) is 0 Å². The molecule has 0 spiro atoms. The quantitative estimate of drug-likeness (QED) is 0.624. The summed E-state index contributed by atoms with van der Waals surface area (Å²) in [5.41, 5.74) is 1.61. The molecule has 3 unspecified atom stereocenters. The van der Waals surface area contributed by atoms with Crippen molar-refractivity contribution in [2.75, 3.05) is 13.1 Å². The zero-order valence-electron chi connectivity index (χ0n) is 17.8. The Morgan fingerprint density at radius 3 is 2.70 bits per heavy atom. The Hall–Kier alpha value is -2.26. The number of morpholine rings is 1. The Bertz CT molecular complexity index is 1200. The Kier molecular flexibility index (Phi) is 4.70. The van der Waals surface area contributed by atoms with Crippen molar-refractivity contribution in [1.82, 2.24) is 24.1 Å². The van der Waals surface area contributed by atoms with Crippen LogP contribution in [0.1, 0.15) is 43.5 Å². The van der Waals surface area contributed by atoms with Gasteiger partial charge in [0.2, 0.25) is 5.91 Å². The summed E-state index contributed by atoms with van der Waals surface area (Å²) in [5, 5.41) is 5.62. The van der Waals surface area contributed by atoms with E-state index in [4.69, 9.17) is 9.72 Å². The van der Waals surface area contributed by atoms with Crippen LogP contribution >= 0.6 is 11.3 Å². The minimum atomic E-state index is -0.302. The van der Waals surface area contributed by atoms with Crippen LogP contribution in [-0.4, -0.2) is 55.3 Å². The van der Waals surface area contributed by atoms with Gasteiger partial charge in [0.05, 0.1) is 17.6 Å². The fraction of sp³-hybridized carbons (Fsp3) is 0.619. The van der Waals surface area contributed by atoms with Crippen LogP contribution in [0.5, 0.6) is 0 Å². The van der Waals surface area contributed by atoms with Gasteiger partial charge in [0.15, 0.2) is 5.65 Å². The number of carbonyl (C=O) groups excluding carboxylic acids is 1. The van der Waals surface area contributed by atoms with Crippen LogP contribution in [-0.2, 0) is 28.9 Å². The first-order valence-electron chi connectivity index (χ1n) is 10.7. The highest BCUT2D eigenvalue weighted by Gasteiger charge is 2.28. The molecule has 5 rings (SSSR count). The number of hydrogen-bond donors (Lipinski definition) is 0. The average Bonchev–Trinajstić information content (AvgIpc) is 3.18. The van der Waals surface area contributed by atoms with E-state index in [1.54, 1.807) is 20.6 Å². The number of rotatable bonds is 2. The van der Waals surface area contributed by atoms with Crippen LogP contribution in [0.25, 0.3) is 15.9 Å². The highest BCUT2D eigenvalue weighted by Crippen LogP contribution is 2.38. The molecule has 1 saturated heterocycles. The van der Waals surface area contributed by atoms with Crippen molar-refractivity contribution in [3.8, 4) is 0 Å². The van der Waals surface area contributed by atoms with Crippen LogP contribution in [0, 0.1) is 12.8 Å². The van der Waals surface area contributed by atoms with E-state index in [0.29, 0.717) is 30.5 Å². The number of ether oxygens (including phenoxy) is 1. The van der Waals surface area contributed by atoms with Crippen molar-refractivity contribution in [2.45, 2.75) is 65.7 Å². The van der Waals surface area contributed by atoms with Gasteiger partial charge in [0.25, 0.3) is 0 Å². The molecule has 3 aromatic heterocycles. The molecule has 1 amide bonds. The van der Waals surface area contributed by atoms with Crippen LogP contribution in [0.2, 0.25) is 0 Å². The van der Waals surface area contributed by atoms with Gasteiger partial charge in [-0.2, -0.15) is 0 Å². The second-order valence-electron chi connectivity index (χ2n) is 8.85. The molecule has 0 saturated carbocycles. The summed E-state index contributed by atoms with van der Waals surface area (Å²) < 4.78 is 8.57. The minimum absolute atomic E-state index is 0.0127. The highest BCUT2D eigenvalue weighted by molar-refractivity contribution is 7.19. The molecule has 3 atom stereocenters. The summed E-state index contributed by atoms with van der Waals surface area (Å²) >= 11 is 1.72. The monoisotopic (exact) mass is 429 g/mol. The van der Waals surface area contributed by atoms with Gasteiger partial charge in [0.1, 0.15) is 17.2 Å². The summed E-state index contributed by atoms with van der Waals surface area (Å²) in [7, 11) is 0. The molecule has 0 N–H and O–H groups in total. The predicted octanol–water partition coefficient (Wildman–Crippen LogP) is 2.17. The first-order valence-corrected chi connectivity index (χ1v) is 11.5. The number of fused-ring (bicyclic) bond motifs is 5. The second-order valence-corrected chi connectivity index (χ2v) is 9.93. The molecule has 3 aromatic rings. The lowest BCUT2D eigenvalue weighted by Gasteiger charge is -2.35. The SMILES string of the molecule is Cc1nc2sc3c(c2c2nn(CC(=O)N4CC(C)OC(C)C4)c(=O)n12)CCC(C)C3. The normalized spacial score (nSPS) is 24.5. The Labute approximate surface area is 178 Å². The number of aromatic nitrogens is 4. The van der Waals surface area contributed by atoms with Crippen molar-refractivity contribution in [3.63, 3.8) is 0 Å². The largest absolute Gasteiger partial charge is 0.372 e. The molecule has 1 aliphatic carbocycles. The van der Waals surface area contributed by atoms with Crippen LogP contribution < -0.4 is 5.69 Å². The van der Waals surface area contributed by atoms with E-state index in [0.717, 1.165) is 29.5 Å². The maximum absolute atomic E-state index is 13.1. The fourth-order valence-corrected chi connectivity index (χ4v) is 6.24. The number of aryl methyl sites for hydroxylation is 2. The molecule has 0 bridgehead atoms. The summed E-state index contributed by atoms with van der Waals surface area (Å²) in [5.74, 6) is 1.17. The lowest BCUT2D eigenvalue weighted by atomic mass is 9.89. The third-order valence-corrected chi connectivity index (χ3v) is 7.35. The standard InChI is InChI=1S/C21H27N5O3S/c1-11-5-6-15-16(7-11)30-20-18(15)19-23-25(21(28)26(19)14(4)22-20)10-17(27)24-8-12(2)29-13(3)9-24/h11-13H,5-10H2,1-4H3. The summed E-state index contributed by atoms with van der Waals surface area (Å²) in [6.45, 7) is 9.02. The van der Waals surface area contributed by atoms with E-state index in [1.165, 1.54) is 15.1 Å². The maximum atomic E-state index is 13.1. The molecular weight excluding hydrogens is 402 g/mol. The molecular formula is C21H27N5O3S. The van der Waals surface area contributed by atoms with Crippen molar-refractivity contribution in [2.24, 2.45) is 5.92 Å². The van der Waals surface area contributed by atoms with E-state index in [9.17, 15) is 9.59 Å². The highest BCUT2D eigenvalue weighted by atomic mass is 32.1. The zero-order valence-corrected chi connectivity index (χ0v) is 18.7. The van der Waals surface area contributed by atoms with Gasteiger partial charge in [-0.15, -0.1) is 16.4 Å². The molecule has 1 aliphatic heterocycles. The Balaban J connectivity index is 1.56. The molecule has 4 heterocycles. The summed E-state index contributed by atoms with van der Waals surface area (Å²) in [4.78, 5) is 34.8.